The Bertz CT molecular complexity index is 633. The number of benzene rings is 1. The van der Waals surface area contributed by atoms with Crippen molar-refractivity contribution < 1.29 is 9.90 Å². The molecule has 2 fully saturated rings. The summed E-state index contributed by atoms with van der Waals surface area (Å²) in [5.41, 5.74) is -0.350. The van der Waals surface area contributed by atoms with E-state index in [2.05, 4.69) is 39.5 Å². The molecule has 1 aromatic rings. The van der Waals surface area contributed by atoms with Crippen LogP contribution < -0.4 is 0 Å². The topological polar surface area (TPSA) is 37.3 Å². The van der Waals surface area contributed by atoms with Gasteiger partial charge in [0.25, 0.3) is 0 Å². The molecule has 130 valence electrons. The van der Waals surface area contributed by atoms with Gasteiger partial charge in [-0.05, 0) is 49.0 Å². The SMILES string of the molecule is C=CC[C@H](Cc1ccccc1)C(=O)[C@@]1(O)C[C@H]2CC[C@]1(C)C2(C)C. The van der Waals surface area contributed by atoms with Crippen LogP contribution in [0.3, 0.4) is 0 Å². The van der Waals surface area contributed by atoms with Crippen molar-refractivity contribution in [3.8, 4) is 0 Å². The van der Waals surface area contributed by atoms with E-state index < -0.39 is 5.60 Å². The Morgan fingerprint density at radius 1 is 1.33 bits per heavy atom. The molecule has 2 saturated carbocycles. The first-order valence-corrected chi connectivity index (χ1v) is 9.18. The summed E-state index contributed by atoms with van der Waals surface area (Å²) in [6, 6.07) is 10.1. The van der Waals surface area contributed by atoms with Gasteiger partial charge in [0.05, 0.1) is 0 Å². The van der Waals surface area contributed by atoms with Gasteiger partial charge in [-0.1, -0.05) is 57.2 Å². The van der Waals surface area contributed by atoms with Gasteiger partial charge in [0, 0.05) is 11.3 Å². The molecule has 2 heteroatoms. The molecule has 0 aliphatic heterocycles. The minimum atomic E-state index is -1.19. The molecule has 0 aromatic heterocycles. The van der Waals surface area contributed by atoms with Crippen molar-refractivity contribution in [2.24, 2.45) is 22.7 Å². The quantitative estimate of drug-likeness (QED) is 0.778. The van der Waals surface area contributed by atoms with Gasteiger partial charge in [-0.15, -0.1) is 6.58 Å². The Morgan fingerprint density at radius 2 is 2.00 bits per heavy atom. The van der Waals surface area contributed by atoms with Gasteiger partial charge >= 0.3 is 0 Å². The van der Waals surface area contributed by atoms with Crippen LogP contribution in [0.5, 0.6) is 0 Å². The van der Waals surface area contributed by atoms with Crippen molar-refractivity contribution in [2.45, 2.75) is 58.5 Å². The van der Waals surface area contributed by atoms with Crippen LogP contribution in [0.15, 0.2) is 43.0 Å². The summed E-state index contributed by atoms with van der Waals surface area (Å²) in [4.78, 5) is 13.4. The number of carbonyl (C=O) groups excluding carboxylic acids is 1. The maximum absolute atomic E-state index is 13.4. The van der Waals surface area contributed by atoms with E-state index in [1.54, 1.807) is 0 Å². The molecule has 0 radical (unpaired) electrons. The fourth-order valence-electron chi connectivity index (χ4n) is 5.37. The third kappa shape index (κ3) is 2.30. The van der Waals surface area contributed by atoms with Crippen molar-refractivity contribution in [2.75, 3.05) is 0 Å². The van der Waals surface area contributed by atoms with E-state index >= 15 is 0 Å². The van der Waals surface area contributed by atoms with E-state index in [-0.39, 0.29) is 22.5 Å². The average Bonchev–Trinajstić information content (AvgIpc) is 2.87. The second kappa shape index (κ2) is 5.84. The molecule has 2 nitrogen and oxygen atoms in total. The van der Waals surface area contributed by atoms with E-state index in [1.165, 1.54) is 0 Å². The van der Waals surface area contributed by atoms with Gasteiger partial charge in [-0.3, -0.25) is 4.79 Å². The van der Waals surface area contributed by atoms with Crippen LogP contribution in [0, 0.1) is 22.7 Å². The lowest BCUT2D eigenvalue weighted by atomic mass is 9.61. The number of fused-ring (bicyclic) bond motifs is 2. The van der Waals surface area contributed by atoms with Crippen LogP contribution in [0.2, 0.25) is 0 Å². The highest BCUT2D eigenvalue weighted by Crippen LogP contribution is 2.70. The normalized spacial score (nSPS) is 34.9. The zero-order valence-corrected chi connectivity index (χ0v) is 15.2. The molecular weight excluding hydrogens is 296 g/mol. The predicted octanol–water partition coefficient (Wildman–Crippen LogP) is 4.57. The summed E-state index contributed by atoms with van der Waals surface area (Å²) >= 11 is 0. The first-order valence-electron chi connectivity index (χ1n) is 9.18. The Balaban J connectivity index is 1.89. The Morgan fingerprint density at radius 3 is 2.50 bits per heavy atom. The van der Waals surface area contributed by atoms with Gasteiger partial charge in [0.2, 0.25) is 0 Å². The number of Topliss-reactive ketones (excluding diaryl/α,β-unsaturated/α-hetero) is 1. The highest BCUT2D eigenvalue weighted by atomic mass is 16.3. The van der Waals surface area contributed by atoms with Gasteiger partial charge in [-0.2, -0.15) is 0 Å². The lowest BCUT2D eigenvalue weighted by Crippen LogP contribution is -2.55. The van der Waals surface area contributed by atoms with E-state index in [1.807, 2.05) is 24.3 Å². The predicted molar refractivity (Wildman–Crippen MR) is 97.6 cm³/mol. The molecule has 0 amide bonds. The summed E-state index contributed by atoms with van der Waals surface area (Å²) in [6.07, 6.45) is 5.81. The largest absolute Gasteiger partial charge is 0.381 e. The summed E-state index contributed by atoms with van der Waals surface area (Å²) in [7, 11) is 0. The van der Waals surface area contributed by atoms with Crippen molar-refractivity contribution >= 4 is 5.78 Å². The number of aliphatic hydroxyl groups is 1. The fraction of sp³-hybridized carbons (Fsp3) is 0.591. The monoisotopic (exact) mass is 326 g/mol. The number of allylic oxidation sites excluding steroid dienone is 1. The standard InChI is InChI=1S/C22H30O2/c1-5-9-17(14-16-10-7-6-8-11-16)19(23)22(24)15-18-12-13-21(22,4)20(18,2)3/h5-8,10-11,17-18,24H,1,9,12-15H2,2-4H3/t17-,18-,21-,22+/m1/s1. The van der Waals surface area contributed by atoms with Crippen molar-refractivity contribution in [1.82, 2.24) is 0 Å². The third-order valence-corrected chi connectivity index (χ3v) is 7.44. The summed E-state index contributed by atoms with van der Waals surface area (Å²) in [6.45, 7) is 10.4. The average molecular weight is 326 g/mol. The van der Waals surface area contributed by atoms with Crippen molar-refractivity contribution in [3.05, 3.63) is 48.6 Å². The molecule has 0 spiro atoms. The molecule has 24 heavy (non-hydrogen) atoms. The smallest absolute Gasteiger partial charge is 0.168 e. The zero-order chi connectivity index (χ0) is 17.6. The maximum atomic E-state index is 13.4. The second-order valence-electron chi connectivity index (χ2n) is 8.63. The highest BCUT2D eigenvalue weighted by molar-refractivity contribution is 5.91. The molecule has 0 unspecified atom stereocenters. The van der Waals surface area contributed by atoms with Gasteiger partial charge in [0.15, 0.2) is 5.78 Å². The van der Waals surface area contributed by atoms with Crippen molar-refractivity contribution in [1.29, 1.82) is 0 Å². The molecule has 4 atom stereocenters. The van der Waals surface area contributed by atoms with Crippen molar-refractivity contribution in [3.63, 3.8) is 0 Å². The molecule has 3 rings (SSSR count). The molecule has 2 aliphatic rings. The van der Waals surface area contributed by atoms with E-state index in [9.17, 15) is 9.90 Å². The lowest BCUT2D eigenvalue weighted by Gasteiger charge is -2.45. The van der Waals surface area contributed by atoms with Crippen LogP contribution in [0.25, 0.3) is 0 Å². The molecule has 2 aliphatic carbocycles. The Labute approximate surface area is 146 Å². The van der Waals surface area contributed by atoms with Crippen LogP contribution in [-0.2, 0) is 11.2 Å². The molecule has 0 saturated heterocycles. The number of rotatable bonds is 6. The second-order valence-corrected chi connectivity index (χ2v) is 8.63. The minimum Gasteiger partial charge on any atom is -0.381 e. The number of carbonyl (C=O) groups is 1. The van der Waals surface area contributed by atoms with Crippen LogP contribution in [0.1, 0.15) is 52.0 Å². The van der Waals surface area contributed by atoms with E-state index in [4.69, 9.17) is 0 Å². The number of ketones is 1. The fourth-order valence-corrected chi connectivity index (χ4v) is 5.37. The third-order valence-electron chi connectivity index (χ3n) is 7.44. The number of hydrogen-bond donors (Lipinski definition) is 1. The Kier molecular flexibility index (Phi) is 4.24. The maximum Gasteiger partial charge on any atom is 0.168 e. The zero-order valence-electron chi connectivity index (χ0n) is 15.2. The van der Waals surface area contributed by atoms with Crippen LogP contribution in [0.4, 0.5) is 0 Å². The number of hydrogen-bond acceptors (Lipinski definition) is 2. The molecule has 1 aromatic carbocycles. The summed E-state index contributed by atoms with van der Waals surface area (Å²) < 4.78 is 0. The van der Waals surface area contributed by atoms with Gasteiger partial charge in [0.1, 0.15) is 5.60 Å². The highest BCUT2D eigenvalue weighted by Gasteiger charge is 2.71. The molecule has 1 N–H and O–H groups in total. The summed E-state index contributed by atoms with van der Waals surface area (Å²) in [5, 5.41) is 11.5. The van der Waals surface area contributed by atoms with Gasteiger partial charge in [-0.25, -0.2) is 0 Å². The van der Waals surface area contributed by atoms with Crippen LogP contribution >= 0.6 is 0 Å². The van der Waals surface area contributed by atoms with Crippen LogP contribution in [-0.4, -0.2) is 16.5 Å². The Hall–Kier alpha value is -1.41. The van der Waals surface area contributed by atoms with E-state index in [0.717, 1.165) is 18.4 Å². The molecule has 2 bridgehead atoms. The lowest BCUT2D eigenvalue weighted by molar-refractivity contribution is -0.159. The molecule has 0 heterocycles. The first-order chi connectivity index (χ1) is 11.3. The minimum absolute atomic E-state index is 0.0168. The summed E-state index contributed by atoms with van der Waals surface area (Å²) in [5.74, 6) is 0.281. The van der Waals surface area contributed by atoms with Gasteiger partial charge < -0.3 is 5.11 Å². The first kappa shape index (κ1) is 17.4. The molecular formula is C22H30O2. The van der Waals surface area contributed by atoms with E-state index in [0.29, 0.717) is 25.2 Å².